The smallest absolute Gasteiger partial charge is 0.372 e. The lowest BCUT2D eigenvalue weighted by atomic mass is 10.2. The predicted molar refractivity (Wildman–Crippen MR) is 75.0 cm³/mol. The number of nitrogens with one attached hydrogen (secondary N) is 1. The minimum absolute atomic E-state index is 0.0475. The van der Waals surface area contributed by atoms with Crippen molar-refractivity contribution >= 4 is 21.9 Å². The van der Waals surface area contributed by atoms with Gasteiger partial charge in [0.1, 0.15) is 11.6 Å². The molecule has 0 saturated heterocycles. The van der Waals surface area contributed by atoms with Gasteiger partial charge in [0.25, 0.3) is 0 Å². The molecule has 0 radical (unpaired) electrons. The molecule has 0 aliphatic heterocycles. The Morgan fingerprint density at radius 1 is 1.40 bits per heavy atom. The van der Waals surface area contributed by atoms with Crippen molar-refractivity contribution in [2.24, 2.45) is 0 Å². The zero-order valence-electron chi connectivity index (χ0n) is 10.7. The zero-order chi connectivity index (χ0) is 14.7. The molecule has 0 aliphatic rings. The molecule has 2 N–H and O–H groups in total. The topological polar surface area (TPSA) is 62.5 Å². The van der Waals surface area contributed by atoms with E-state index in [0.29, 0.717) is 24.4 Å². The van der Waals surface area contributed by atoms with Gasteiger partial charge in [-0.3, -0.25) is 0 Å². The van der Waals surface area contributed by atoms with Gasteiger partial charge in [-0.05, 0) is 36.8 Å². The Morgan fingerprint density at radius 2 is 2.15 bits per heavy atom. The Labute approximate surface area is 123 Å². The van der Waals surface area contributed by atoms with Crippen molar-refractivity contribution in [3.05, 3.63) is 57.2 Å². The molecule has 20 heavy (non-hydrogen) atoms. The van der Waals surface area contributed by atoms with Crippen molar-refractivity contribution < 1.29 is 18.7 Å². The van der Waals surface area contributed by atoms with Crippen LogP contribution in [0.2, 0.25) is 0 Å². The monoisotopic (exact) mass is 341 g/mol. The molecule has 6 heteroatoms. The molecule has 0 fully saturated rings. The lowest BCUT2D eigenvalue weighted by Crippen LogP contribution is -2.12. The van der Waals surface area contributed by atoms with Crippen molar-refractivity contribution in [1.82, 2.24) is 5.32 Å². The first-order chi connectivity index (χ1) is 9.47. The van der Waals surface area contributed by atoms with Crippen LogP contribution in [0.1, 0.15) is 27.4 Å². The highest BCUT2D eigenvalue weighted by molar-refractivity contribution is 9.10. The number of hydrogen-bond acceptors (Lipinski definition) is 3. The van der Waals surface area contributed by atoms with Crippen LogP contribution in [0.25, 0.3) is 0 Å². The third-order valence-electron chi connectivity index (χ3n) is 2.79. The molecular formula is C14H13BrFNO3. The highest BCUT2D eigenvalue weighted by Gasteiger charge is 2.14. The van der Waals surface area contributed by atoms with Gasteiger partial charge in [0.2, 0.25) is 5.76 Å². The molecule has 0 unspecified atom stereocenters. The van der Waals surface area contributed by atoms with Gasteiger partial charge in [-0.1, -0.05) is 15.9 Å². The maximum Gasteiger partial charge on any atom is 0.372 e. The van der Waals surface area contributed by atoms with Gasteiger partial charge >= 0.3 is 5.97 Å². The molecule has 1 aromatic carbocycles. The summed E-state index contributed by atoms with van der Waals surface area (Å²) in [5, 5.41) is 12.0. The number of aryl methyl sites for hydroxylation is 1. The number of rotatable bonds is 5. The van der Waals surface area contributed by atoms with Crippen molar-refractivity contribution in [2.45, 2.75) is 20.0 Å². The van der Waals surface area contributed by atoms with E-state index in [0.717, 1.165) is 10.0 Å². The zero-order valence-corrected chi connectivity index (χ0v) is 12.3. The van der Waals surface area contributed by atoms with Crippen LogP contribution in [0.3, 0.4) is 0 Å². The van der Waals surface area contributed by atoms with Crippen LogP contribution in [-0.4, -0.2) is 11.1 Å². The second-order valence-electron chi connectivity index (χ2n) is 4.37. The third-order valence-corrected chi connectivity index (χ3v) is 3.56. The van der Waals surface area contributed by atoms with Gasteiger partial charge in [0, 0.05) is 16.6 Å². The summed E-state index contributed by atoms with van der Waals surface area (Å²) in [6.45, 7) is 2.50. The molecule has 0 amide bonds. The Morgan fingerprint density at radius 3 is 2.80 bits per heavy atom. The number of hydrogen-bond donors (Lipinski definition) is 2. The van der Waals surface area contributed by atoms with Gasteiger partial charge in [-0.15, -0.1) is 0 Å². The van der Waals surface area contributed by atoms with Gasteiger partial charge in [0.05, 0.1) is 6.54 Å². The van der Waals surface area contributed by atoms with Crippen LogP contribution < -0.4 is 5.32 Å². The molecule has 106 valence electrons. The average Bonchev–Trinajstić information content (AvgIpc) is 2.75. The number of carbonyl (C=O) groups is 1. The third kappa shape index (κ3) is 3.46. The molecular weight excluding hydrogens is 329 g/mol. The van der Waals surface area contributed by atoms with Crippen molar-refractivity contribution in [1.29, 1.82) is 0 Å². The first kappa shape index (κ1) is 14.7. The molecule has 1 heterocycles. The highest BCUT2D eigenvalue weighted by Crippen LogP contribution is 2.18. The van der Waals surface area contributed by atoms with E-state index in [2.05, 4.69) is 21.2 Å². The summed E-state index contributed by atoms with van der Waals surface area (Å²) in [5.41, 5.74) is 1.37. The molecule has 2 aromatic rings. The van der Waals surface area contributed by atoms with E-state index < -0.39 is 5.97 Å². The summed E-state index contributed by atoms with van der Waals surface area (Å²) >= 11 is 3.34. The van der Waals surface area contributed by atoms with Crippen molar-refractivity contribution in [2.75, 3.05) is 0 Å². The quantitative estimate of drug-likeness (QED) is 0.873. The van der Waals surface area contributed by atoms with E-state index in [-0.39, 0.29) is 11.6 Å². The minimum atomic E-state index is -1.08. The minimum Gasteiger partial charge on any atom is -0.475 e. The summed E-state index contributed by atoms with van der Waals surface area (Å²) in [5.74, 6) is -0.894. The van der Waals surface area contributed by atoms with E-state index >= 15 is 0 Å². The molecule has 2 rings (SSSR count). The Balaban J connectivity index is 1.98. The van der Waals surface area contributed by atoms with E-state index in [1.807, 2.05) is 0 Å². The maximum atomic E-state index is 13.1. The molecule has 0 saturated carbocycles. The normalized spacial score (nSPS) is 10.8. The molecule has 0 bridgehead atoms. The Hall–Kier alpha value is -1.66. The predicted octanol–water partition coefficient (Wildman–Crippen LogP) is 3.48. The lowest BCUT2D eigenvalue weighted by Gasteiger charge is -2.05. The fourth-order valence-corrected chi connectivity index (χ4v) is 2.23. The van der Waals surface area contributed by atoms with Crippen molar-refractivity contribution in [3.8, 4) is 0 Å². The summed E-state index contributed by atoms with van der Waals surface area (Å²) in [6.07, 6.45) is 0. The SMILES string of the molecule is Cc1cc(CNCc2cc(F)ccc2Br)oc1C(=O)O. The maximum absolute atomic E-state index is 13.1. The first-order valence-corrected chi connectivity index (χ1v) is 6.74. The van der Waals surface area contributed by atoms with Gasteiger partial charge < -0.3 is 14.8 Å². The second kappa shape index (κ2) is 6.19. The lowest BCUT2D eigenvalue weighted by molar-refractivity contribution is 0.0659. The Bertz CT molecular complexity index is 639. The fraction of sp³-hybridized carbons (Fsp3) is 0.214. The summed E-state index contributed by atoms with van der Waals surface area (Å²) in [6, 6.07) is 6.14. The Kier molecular flexibility index (Phi) is 4.57. The van der Waals surface area contributed by atoms with E-state index in [1.165, 1.54) is 12.1 Å². The number of halogens is 2. The number of furan rings is 1. The molecule has 4 nitrogen and oxygen atoms in total. The summed E-state index contributed by atoms with van der Waals surface area (Å²) in [4.78, 5) is 10.9. The van der Waals surface area contributed by atoms with E-state index in [9.17, 15) is 9.18 Å². The fourth-order valence-electron chi connectivity index (χ4n) is 1.85. The van der Waals surface area contributed by atoms with E-state index in [4.69, 9.17) is 9.52 Å². The molecule has 1 aromatic heterocycles. The number of benzene rings is 1. The van der Waals surface area contributed by atoms with Crippen LogP contribution in [0, 0.1) is 12.7 Å². The summed E-state index contributed by atoms with van der Waals surface area (Å²) in [7, 11) is 0. The van der Waals surface area contributed by atoms with Gasteiger partial charge in [-0.25, -0.2) is 9.18 Å². The number of aromatic carboxylic acids is 1. The molecule has 0 atom stereocenters. The van der Waals surface area contributed by atoms with Gasteiger partial charge in [0.15, 0.2) is 0 Å². The second-order valence-corrected chi connectivity index (χ2v) is 5.22. The van der Waals surface area contributed by atoms with Crippen LogP contribution in [-0.2, 0) is 13.1 Å². The van der Waals surface area contributed by atoms with Crippen LogP contribution in [0.5, 0.6) is 0 Å². The first-order valence-electron chi connectivity index (χ1n) is 5.94. The van der Waals surface area contributed by atoms with Crippen LogP contribution in [0.4, 0.5) is 4.39 Å². The van der Waals surface area contributed by atoms with Crippen molar-refractivity contribution in [3.63, 3.8) is 0 Å². The van der Waals surface area contributed by atoms with Crippen LogP contribution >= 0.6 is 15.9 Å². The van der Waals surface area contributed by atoms with E-state index in [1.54, 1.807) is 19.1 Å². The molecule has 0 spiro atoms. The van der Waals surface area contributed by atoms with Gasteiger partial charge in [-0.2, -0.15) is 0 Å². The molecule has 0 aliphatic carbocycles. The number of carboxylic acids is 1. The average molecular weight is 342 g/mol. The highest BCUT2D eigenvalue weighted by atomic mass is 79.9. The standard InChI is InChI=1S/C14H13BrFNO3/c1-8-4-11(20-13(8)14(18)19)7-17-6-9-5-10(16)2-3-12(9)15/h2-5,17H,6-7H2,1H3,(H,18,19). The summed E-state index contributed by atoms with van der Waals surface area (Å²) < 4.78 is 19.1. The van der Waals surface area contributed by atoms with Crippen LogP contribution in [0.15, 0.2) is 33.2 Å². The largest absolute Gasteiger partial charge is 0.475 e. The number of carboxylic acid groups (broad SMARTS) is 1.